The molecule has 1 aliphatic carbocycles. The highest BCUT2D eigenvalue weighted by atomic mass is 32.2. The topological polar surface area (TPSA) is 95.9 Å². The van der Waals surface area contributed by atoms with Gasteiger partial charge in [-0.1, -0.05) is 55.5 Å². The van der Waals surface area contributed by atoms with E-state index in [0.717, 1.165) is 33.8 Å². The van der Waals surface area contributed by atoms with Gasteiger partial charge in [-0.05, 0) is 53.0 Å². The SMILES string of the molecule is CCC(C(=O)O)N(C)C(=O)CC1(NC(=O)OCC2c3ccccc3-c3ccccc32)CCSCC1. The van der Waals surface area contributed by atoms with Crippen LogP contribution in [0.3, 0.4) is 0 Å². The molecule has 1 saturated heterocycles. The first kappa shape index (κ1) is 25.1. The number of thioether (sulfide) groups is 1. The van der Waals surface area contributed by atoms with Crippen LogP contribution in [-0.4, -0.2) is 64.7 Å². The molecule has 1 aliphatic heterocycles. The quantitative estimate of drug-likeness (QED) is 0.559. The Bertz CT molecular complexity index is 1050. The van der Waals surface area contributed by atoms with E-state index < -0.39 is 23.6 Å². The molecule has 1 unspecified atom stereocenters. The molecular weight excluding hydrogens is 464 g/mol. The number of fused-ring (bicyclic) bond motifs is 3. The molecule has 8 heteroatoms. The number of aliphatic carboxylic acids is 1. The highest BCUT2D eigenvalue weighted by Gasteiger charge is 2.39. The van der Waals surface area contributed by atoms with E-state index in [1.165, 1.54) is 11.9 Å². The lowest BCUT2D eigenvalue weighted by Gasteiger charge is -2.38. The molecule has 1 heterocycles. The molecule has 0 saturated carbocycles. The summed E-state index contributed by atoms with van der Waals surface area (Å²) in [6, 6.07) is 15.5. The Hall–Kier alpha value is -3.00. The molecule has 0 bridgehead atoms. The first-order valence-electron chi connectivity index (χ1n) is 12.0. The Morgan fingerprint density at radius 1 is 1.09 bits per heavy atom. The molecule has 4 rings (SSSR count). The van der Waals surface area contributed by atoms with E-state index >= 15 is 0 Å². The maximum Gasteiger partial charge on any atom is 0.407 e. The molecule has 2 aromatic rings. The van der Waals surface area contributed by atoms with E-state index in [0.29, 0.717) is 19.3 Å². The molecule has 2 amide bonds. The van der Waals surface area contributed by atoms with Crippen molar-refractivity contribution < 1.29 is 24.2 Å². The number of benzene rings is 2. The molecule has 1 fully saturated rings. The van der Waals surface area contributed by atoms with Gasteiger partial charge in [-0.15, -0.1) is 0 Å². The number of nitrogens with zero attached hydrogens (tertiary/aromatic N) is 1. The Kier molecular flexibility index (Phi) is 7.69. The van der Waals surface area contributed by atoms with Gasteiger partial charge in [0, 0.05) is 13.0 Å². The van der Waals surface area contributed by atoms with Gasteiger partial charge >= 0.3 is 12.1 Å². The molecule has 0 aromatic heterocycles. The zero-order valence-corrected chi connectivity index (χ0v) is 21.0. The Morgan fingerprint density at radius 3 is 2.20 bits per heavy atom. The predicted molar refractivity (Wildman–Crippen MR) is 137 cm³/mol. The minimum absolute atomic E-state index is 0.0420. The van der Waals surface area contributed by atoms with E-state index in [4.69, 9.17) is 4.74 Å². The summed E-state index contributed by atoms with van der Waals surface area (Å²) in [4.78, 5) is 38.8. The number of carboxylic acids is 1. The number of ether oxygens (including phenoxy) is 1. The van der Waals surface area contributed by atoms with Crippen LogP contribution in [-0.2, 0) is 14.3 Å². The van der Waals surface area contributed by atoms with E-state index in [1.54, 1.807) is 18.7 Å². The zero-order chi connectivity index (χ0) is 25.0. The van der Waals surface area contributed by atoms with Crippen LogP contribution in [0, 0.1) is 0 Å². The molecule has 186 valence electrons. The van der Waals surface area contributed by atoms with Crippen LogP contribution < -0.4 is 5.32 Å². The maximum atomic E-state index is 13.0. The van der Waals surface area contributed by atoms with Crippen LogP contribution in [0.15, 0.2) is 48.5 Å². The molecule has 2 aromatic carbocycles. The number of carboxylic acid groups (broad SMARTS) is 1. The summed E-state index contributed by atoms with van der Waals surface area (Å²) in [7, 11) is 1.52. The molecular formula is C27H32N2O5S. The van der Waals surface area contributed by atoms with Crippen molar-refractivity contribution in [2.75, 3.05) is 25.2 Å². The fourth-order valence-electron chi connectivity index (χ4n) is 5.16. The average molecular weight is 497 g/mol. The smallest absolute Gasteiger partial charge is 0.407 e. The van der Waals surface area contributed by atoms with Gasteiger partial charge in [0.2, 0.25) is 5.91 Å². The van der Waals surface area contributed by atoms with Gasteiger partial charge in [0.1, 0.15) is 12.6 Å². The third-order valence-corrected chi connectivity index (χ3v) is 8.17. The van der Waals surface area contributed by atoms with Crippen molar-refractivity contribution in [3.8, 4) is 11.1 Å². The van der Waals surface area contributed by atoms with E-state index in [-0.39, 0.29) is 24.9 Å². The van der Waals surface area contributed by atoms with Gasteiger partial charge in [0.15, 0.2) is 0 Å². The lowest BCUT2D eigenvalue weighted by molar-refractivity contribution is -0.149. The summed E-state index contributed by atoms with van der Waals surface area (Å²) < 4.78 is 5.74. The van der Waals surface area contributed by atoms with Gasteiger partial charge in [-0.25, -0.2) is 9.59 Å². The Balaban J connectivity index is 1.44. The summed E-state index contributed by atoms with van der Waals surface area (Å²) in [5.41, 5.74) is 3.87. The Morgan fingerprint density at radius 2 is 1.66 bits per heavy atom. The summed E-state index contributed by atoms with van der Waals surface area (Å²) in [6.45, 7) is 1.94. The fraction of sp³-hybridized carbons (Fsp3) is 0.444. The molecule has 0 spiro atoms. The Labute approximate surface area is 210 Å². The lowest BCUT2D eigenvalue weighted by atomic mass is 9.87. The van der Waals surface area contributed by atoms with Crippen molar-refractivity contribution in [2.24, 2.45) is 0 Å². The number of hydrogen-bond acceptors (Lipinski definition) is 5. The number of alkyl carbamates (subject to hydrolysis) is 1. The van der Waals surface area contributed by atoms with Crippen LogP contribution >= 0.6 is 11.8 Å². The highest BCUT2D eigenvalue weighted by molar-refractivity contribution is 7.99. The van der Waals surface area contributed by atoms with Crippen molar-refractivity contribution >= 4 is 29.7 Å². The van der Waals surface area contributed by atoms with Crippen LogP contribution in [0.5, 0.6) is 0 Å². The summed E-state index contributed by atoms with van der Waals surface area (Å²) in [6.07, 6.45) is 1.09. The first-order valence-corrected chi connectivity index (χ1v) is 13.2. The van der Waals surface area contributed by atoms with Crippen molar-refractivity contribution in [2.45, 2.75) is 50.1 Å². The van der Waals surface area contributed by atoms with Crippen LogP contribution in [0.25, 0.3) is 11.1 Å². The van der Waals surface area contributed by atoms with E-state index in [9.17, 15) is 19.5 Å². The number of carbonyl (C=O) groups excluding carboxylic acids is 2. The summed E-state index contributed by atoms with van der Waals surface area (Å²) >= 11 is 1.78. The molecule has 2 N–H and O–H groups in total. The van der Waals surface area contributed by atoms with Gasteiger partial charge < -0.3 is 20.1 Å². The van der Waals surface area contributed by atoms with Crippen molar-refractivity contribution in [1.82, 2.24) is 10.2 Å². The number of hydrogen-bond donors (Lipinski definition) is 2. The van der Waals surface area contributed by atoms with Gasteiger partial charge in [0.05, 0.1) is 12.0 Å². The second-order valence-corrected chi connectivity index (χ2v) is 10.5. The molecule has 1 atom stereocenters. The minimum Gasteiger partial charge on any atom is -0.480 e. The number of likely N-dealkylation sites (N-methyl/N-ethyl adjacent to an activating group) is 1. The lowest BCUT2D eigenvalue weighted by Crippen LogP contribution is -2.55. The second kappa shape index (κ2) is 10.7. The molecule has 2 aliphatic rings. The molecule has 35 heavy (non-hydrogen) atoms. The molecule has 7 nitrogen and oxygen atoms in total. The third-order valence-electron chi connectivity index (χ3n) is 7.18. The minimum atomic E-state index is -1.03. The monoisotopic (exact) mass is 496 g/mol. The fourth-order valence-corrected chi connectivity index (χ4v) is 6.44. The standard InChI is InChI=1S/C27H32N2O5S/c1-3-23(25(31)32)29(2)24(30)16-27(12-14-35-15-13-27)28-26(33)34-17-22-20-10-6-4-8-18(20)19-9-5-7-11-21(19)22/h4-11,22-23H,3,12-17H2,1-2H3,(H,28,33)(H,31,32). The normalized spacial score (nSPS) is 17.1. The number of amides is 2. The van der Waals surface area contributed by atoms with Crippen LogP contribution in [0.1, 0.15) is 49.7 Å². The van der Waals surface area contributed by atoms with Crippen molar-refractivity contribution in [1.29, 1.82) is 0 Å². The number of carbonyl (C=O) groups is 3. The van der Waals surface area contributed by atoms with Gasteiger partial charge in [-0.3, -0.25) is 4.79 Å². The number of rotatable bonds is 8. The molecule has 0 radical (unpaired) electrons. The maximum absolute atomic E-state index is 13.0. The summed E-state index contributed by atoms with van der Waals surface area (Å²) in [5, 5.41) is 12.4. The van der Waals surface area contributed by atoms with Gasteiger partial charge in [-0.2, -0.15) is 11.8 Å². The summed E-state index contributed by atoms with van der Waals surface area (Å²) in [5.74, 6) is 0.277. The largest absolute Gasteiger partial charge is 0.480 e. The second-order valence-electron chi connectivity index (χ2n) is 9.29. The van der Waals surface area contributed by atoms with E-state index in [1.807, 2.05) is 24.3 Å². The van der Waals surface area contributed by atoms with Crippen molar-refractivity contribution in [3.63, 3.8) is 0 Å². The van der Waals surface area contributed by atoms with Crippen LogP contribution in [0.4, 0.5) is 4.79 Å². The zero-order valence-electron chi connectivity index (χ0n) is 20.2. The number of nitrogens with one attached hydrogen (secondary N) is 1. The predicted octanol–water partition coefficient (Wildman–Crippen LogP) is 4.50. The third kappa shape index (κ3) is 5.32. The highest BCUT2D eigenvalue weighted by Crippen LogP contribution is 2.44. The van der Waals surface area contributed by atoms with E-state index in [2.05, 4.69) is 29.6 Å². The van der Waals surface area contributed by atoms with Crippen molar-refractivity contribution in [3.05, 3.63) is 59.7 Å². The average Bonchev–Trinajstić information content (AvgIpc) is 3.17. The first-order chi connectivity index (χ1) is 16.8. The van der Waals surface area contributed by atoms with Gasteiger partial charge in [0.25, 0.3) is 0 Å². The van der Waals surface area contributed by atoms with Crippen LogP contribution in [0.2, 0.25) is 0 Å².